The Bertz CT molecular complexity index is 536. The molecule has 0 saturated heterocycles. The summed E-state index contributed by atoms with van der Waals surface area (Å²) in [6.07, 6.45) is 0. The molecule has 1 aromatic carbocycles. The lowest BCUT2D eigenvalue weighted by atomic mass is 10.0. The summed E-state index contributed by atoms with van der Waals surface area (Å²) < 4.78 is 10.6. The number of halogens is 1. The first-order chi connectivity index (χ1) is 8.63. The summed E-state index contributed by atoms with van der Waals surface area (Å²) in [5, 5.41) is 0.690. The van der Waals surface area contributed by atoms with Gasteiger partial charge in [0, 0.05) is 12.1 Å². The van der Waals surface area contributed by atoms with Crippen LogP contribution in [0.1, 0.15) is 28.7 Å². The van der Waals surface area contributed by atoms with Crippen LogP contribution in [-0.2, 0) is 11.3 Å². The van der Waals surface area contributed by atoms with E-state index in [1.165, 1.54) is 0 Å². The highest BCUT2D eigenvalue weighted by atomic mass is 35.5. The van der Waals surface area contributed by atoms with Crippen molar-refractivity contribution in [2.45, 2.75) is 19.6 Å². The Morgan fingerprint density at radius 3 is 2.83 bits per heavy atom. The predicted molar refractivity (Wildman–Crippen MR) is 71.6 cm³/mol. The van der Waals surface area contributed by atoms with E-state index >= 15 is 0 Å². The van der Waals surface area contributed by atoms with Gasteiger partial charge in [-0.05, 0) is 30.2 Å². The van der Waals surface area contributed by atoms with Gasteiger partial charge in [0.2, 0.25) is 0 Å². The van der Waals surface area contributed by atoms with Gasteiger partial charge in [0.25, 0.3) is 0 Å². The maximum atomic E-state index is 6.26. The van der Waals surface area contributed by atoms with Crippen LogP contribution in [-0.4, -0.2) is 7.11 Å². The molecule has 1 heterocycles. The molecular weight excluding hydrogens is 250 g/mol. The molecule has 0 radical (unpaired) electrons. The minimum absolute atomic E-state index is 0.358. The highest BCUT2D eigenvalue weighted by Gasteiger charge is 2.17. The molecule has 0 aliphatic heterocycles. The Labute approximate surface area is 111 Å². The summed E-state index contributed by atoms with van der Waals surface area (Å²) in [5.74, 6) is 1.45. The first kappa shape index (κ1) is 13.1. The summed E-state index contributed by atoms with van der Waals surface area (Å²) in [7, 11) is 1.62. The van der Waals surface area contributed by atoms with Gasteiger partial charge in [-0.3, -0.25) is 0 Å². The lowest BCUT2D eigenvalue weighted by Crippen LogP contribution is -2.11. The summed E-state index contributed by atoms with van der Waals surface area (Å²) in [6.45, 7) is 2.39. The number of rotatable bonds is 4. The lowest BCUT2D eigenvalue weighted by Gasteiger charge is -2.12. The Balaban J connectivity index is 2.29. The van der Waals surface area contributed by atoms with E-state index in [1.54, 1.807) is 7.11 Å². The smallest absolute Gasteiger partial charge is 0.129 e. The van der Waals surface area contributed by atoms with Crippen LogP contribution in [0.3, 0.4) is 0 Å². The van der Waals surface area contributed by atoms with Crippen LogP contribution in [0.2, 0.25) is 5.02 Å². The molecule has 2 rings (SSSR count). The second-order valence-electron chi connectivity index (χ2n) is 4.19. The highest BCUT2D eigenvalue weighted by molar-refractivity contribution is 6.32. The molecule has 96 valence electrons. The predicted octanol–water partition coefficient (Wildman–Crippen LogP) is 3.44. The summed E-state index contributed by atoms with van der Waals surface area (Å²) in [5.41, 5.74) is 8.05. The fourth-order valence-corrected chi connectivity index (χ4v) is 2.09. The van der Waals surface area contributed by atoms with Crippen LogP contribution in [0.4, 0.5) is 0 Å². The summed E-state index contributed by atoms with van der Waals surface area (Å²) in [4.78, 5) is 0. The van der Waals surface area contributed by atoms with Gasteiger partial charge < -0.3 is 14.9 Å². The summed E-state index contributed by atoms with van der Waals surface area (Å²) in [6, 6.07) is 9.17. The van der Waals surface area contributed by atoms with E-state index in [0.717, 1.165) is 16.9 Å². The van der Waals surface area contributed by atoms with E-state index in [-0.39, 0.29) is 6.04 Å². The van der Waals surface area contributed by atoms with Crippen molar-refractivity contribution < 1.29 is 9.15 Å². The van der Waals surface area contributed by atoms with Crippen molar-refractivity contribution in [2.75, 3.05) is 7.11 Å². The lowest BCUT2D eigenvalue weighted by molar-refractivity contribution is 0.162. The van der Waals surface area contributed by atoms with Crippen molar-refractivity contribution in [3.63, 3.8) is 0 Å². The van der Waals surface area contributed by atoms with E-state index < -0.39 is 0 Å². The van der Waals surface area contributed by atoms with Gasteiger partial charge in [0.05, 0.1) is 6.04 Å². The van der Waals surface area contributed by atoms with Gasteiger partial charge in [-0.15, -0.1) is 0 Å². The average molecular weight is 266 g/mol. The van der Waals surface area contributed by atoms with Crippen LogP contribution in [0.15, 0.2) is 34.7 Å². The van der Waals surface area contributed by atoms with Crippen molar-refractivity contribution in [1.82, 2.24) is 0 Å². The molecule has 0 spiro atoms. The third kappa shape index (κ3) is 2.58. The van der Waals surface area contributed by atoms with Crippen molar-refractivity contribution in [1.29, 1.82) is 0 Å². The molecule has 1 unspecified atom stereocenters. The second kappa shape index (κ2) is 5.57. The van der Waals surface area contributed by atoms with E-state index in [2.05, 4.69) is 0 Å². The quantitative estimate of drug-likeness (QED) is 0.921. The van der Waals surface area contributed by atoms with Gasteiger partial charge in [-0.2, -0.15) is 0 Å². The van der Waals surface area contributed by atoms with Crippen LogP contribution in [0.5, 0.6) is 0 Å². The standard InChI is InChI=1S/C14H16ClNO2/c1-9-4-3-5-11(13(9)15)14(16)12-7-6-10(18-12)8-17-2/h3-7,14H,8,16H2,1-2H3. The molecule has 0 saturated carbocycles. The maximum absolute atomic E-state index is 6.26. The van der Waals surface area contributed by atoms with Crippen LogP contribution in [0.25, 0.3) is 0 Å². The topological polar surface area (TPSA) is 48.4 Å². The number of hydrogen-bond donors (Lipinski definition) is 1. The Morgan fingerprint density at radius 1 is 1.33 bits per heavy atom. The van der Waals surface area contributed by atoms with E-state index in [4.69, 9.17) is 26.5 Å². The van der Waals surface area contributed by atoms with Gasteiger partial charge in [-0.25, -0.2) is 0 Å². The Hall–Kier alpha value is -1.29. The fourth-order valence-electron chi connectivity index (χ4n) is 1.85. The number of nitrogens with two attached hydrogens (primary N) is 1. The molecule has 0 aliphatic rings. The molecule has 2 N–H and O–H groups in total. The largest absolute Gasteiger partial charge is 0.462 e. The average Bonchev–Trinajstić information content (AvgIpc) is 2.81. The zero-order valence-corrected chi connectivity index (χ0v) is 11.2. The third-order valence-electron chi connectivity index (χ3n) is 2.83. The Morgan fingerprint density at radius 2 is 2.11 bits per heavy atom. The maximum Gasteiger partial charge on any atom is 0.129 e. The normalized spacial score (nSPS) is 12.7. The van der Waals surface area contributed by atoms with Crippen LogP contribution >= 0.6 is 11.6 Å². The minimum Gasteiger partial charge on any atom is -0.462 e. The minimum atomic E-state index is -0.358. The second-order valence-corrected chi connectivity index (χ2v) is 4.57. The number of methoxy groups -OCH3 is 1. The number of aryl methyl sites for hydroxylation is 1. The number of hydrogen-bond acceptors (Lipinski definition) is 3. The highest BCUT2D eigenvalue weighted by Crippen LogP contribution is 2.29. The molecule has 4 heteroatoms. The number of ether oxygens (including phenoxy) is 1. The van der Waals surface area contributed by atoms with Crippen molar-refractivity contribution in [2.24, 2.45) is 5.73 Å². The van der Waals surface area contributed by atoms with Crippen molar-refractivity contribution in [3.8, 4) is 0 Å². The van der Waals surface area contributed by atoms with Crippen molar-refractivity contribution in [3.05, 3.63) is 58.0 Å². The summed E-state index contributed by atoms with van der Waals surface area (Å²) >= 11 is 6.26. The van der Waals surface area contributed by atoms with E-state index in [9.17, 15) is 0 Å². The van der Waals surface area contributed by atoms with Crippen LogP contribution in [0, 0.1) is 6.92 Å². The molecule has 0 bridgehead atoms. The van der Waals surface area contributed by atoms with Gasteiger partial charge in [0.15, 0.2) is 0 Å². The molecule has 1 atom stereocenters. The SMILES string of the molecule is COCc1ccc(C(N)c2cccc(C)c2Cl)o1. The van der Waals surface area contributed by atoms with Gasteiger partial charge in [-0.1, -0.05) is 29.8 Å². The molecule has 0 amide bonds. The molecule has 0 fully saturated rings. The molecule has 18 heavy (non-hydrogen) atoms. The zero-order valence-electron chi connectivity index (χ0n) is 10.4. The third-order valence-corrected chi connectivity index (χ3v) is 3.35. The molecule has 3 nitrogen and oxygen atoms in total. The number of benzene rings is 1. The van der Waals surface area contributed by atoms with Gasteiger partial charge >= 0.3 is 0 Å². The fraction of sp³-hybridized carbons (Fsp3) is 0.286. The van der Waals surface area contributed by atoms with E-state index in [1.807, 2.05) is 37.3 Å². The zero-order chi connectivity index (χ0) is 13.1. The first-order valence-corrected chi connectivity index (χ1v) is 6.09. The Kier molecular flexibility index (Phi) is 4.07. The van der Waals surface area contributed by atoms with Crippen molar-refractivity contribution >= 4 is 11.6 Å². The first-order valence-electron chi connectivity index (χ1n) is 5.71. The monoisotopic (exact) mass is 265 g/mol. The molecule has 1 aromatic heterocycles. The molecule has 2 aromatic rings. The molecular formula is C14H16ClNO2. The van der Waals surface area contributed by atoms with Gasteiger partial charge in [0.1, 0.15) is 18.1 Å². The molecule has 0 aliphatic carbocycles. The number of furan rings is 1. The van der Waals surface area contributed by atoms with Crippen LogP contribution < -0.4 is 5.73 Å². The van der Waals surface area contributed by atoms with E-state index in [0.29, 0.717) is 17.4 Å².